The van der Waals surface area contributed by atoms with Gasteiger partial charge in [-0.05, 0) is 31.2 Å². The van der Waals surface area contributed by atoms with Crippen LogP contribution in [0.2, 0.25) is 0 Å². The van der Waals surface area contributed by atoms with Gasteiger partial charge in [0, 0.05) is 21.7 Å². The standard InChI is InChI=1S/C15H14ClNS/c1-11(16)10-17-12-6-2-4-8-14(12)18-15-9-5-3-7-13(15)17/h2-9,11H,10H2,1H3/t11-/m0/s1. The summed E-state index contributed by atoms with van der Waals surface area (Å²) in [7, 11) is 0. The Labute approximate surface area is 117 Å². The van der Waals surface area contributed by atoms with E-state index in [0.29, 0.717) is 0 Å². The van der Waals surface area contributed by atoms with Gasteiger partial charge in [0.1, 0.15) is 0 Å². The van der Waals surface area contributed by atoms with Crippen molar-refractivity contribution in [3.8, 4) is 0 Å². The summed E-state index contributed by atoms with van der Waals surface area (Å²) >= 11 is 8.02. The number of hydrogen-bond acceptors (Lipinski definition) is 2. The number of benzene rings is 2. The molecule has 0 N–H and O–H groups in total. The molecule has 2 aromatic carbocycles. The van der Waals surface area contributed by atoms with E-state index in [9.17, 15) is 0 Å². The minimum absolute atomic E-state index is 0.120. The molecule has 1 aliphatic rings. The summed E-state index contributed by atoms with van der Waals surface area (Å²) < 4.78 is 0. The van der Waals surface area contributed by atoms with Crippen LogP contribution < -0.4 is 4.90 Å². The Kier molecular flexibility index (Phi) is 3.23. The smallest absolute Gasteiger partial charge is 0.0553 e. The van der Waals surface area contributed by atoms with Gasteiger partial charge < -0.3 is 4.90 Å². The average Bonchev–Trinajstić information content (AvgIpc) is 2.38. The van der Waals surface area contributed by atoms with Crippen LogP contribution in [0, 0.1) is 0 Å². The highest BCUT2D eigenvalue weighted by Gasteiger charge is 2.23. The predicted molar refractivity (Wildman–Crippen MR) is 79.3 cm³/mol. The fourth-order valence-corrected chi connectivity index (χ4v) is 3.46. The molecule has 0 bridgehead atoms. The monoisotopic (exact) mass is 275 g/mol. The Morgan fingerprint density at radius 3 is 2.00 bits per heavy atom. The number of alkyl halides is 1. The highest BCUT2D eigenvalue weighted by molar-refractivity contribution is 7.99. The maximum Gasteiger partial charge on any atom is 0.0553 e. The summed E-state index contributed by atoms with van der Waals surface area (Å²) in [6.07, 6.45) is 0. The second-order valence-corrected chi connectivity index (χ2v) is 6.26. The van der Waals surface area contributed by atoms with Crippen molar-refractivity contribution >= 4 is 34.7 Å². The zero-order valence-electron chi connectivity index (χ0n) is 10.1. The first-order chi connectivity index (χ1) is 8.75. The number of anilines is 2. The molecule has 3 heteroatoms. The molecule has 18 heavy (non-hydrogen) atoms. The number of nitrogens with zero attached hydrogens (tertiary/aromatic N) is 1. The third-order valence-electron chi connectivity index (χ3n) is 2.97. The second-order valence-electron chi connectivity index (χ2n) is 4.43. The van der Waals surface area contributed by atoms with E-state index < -0.39 is 0 Å². The van der Waals surface area contributed by atoms with Crippen molar-refractivity contribution in [3.63, 3.8) is 0 Å². The van der Waals surface area contributed by atoms with Crippen LogP contribution in [0.3, 0.4) is 0 Å². The summed E-state index contributed by atoms with van der Waals surface area (Å²) in [4.78, 5) is 4.92. The van der Waals surface area contributed by atoms with Crippen LogP contribution in [0.4, 0.5) is 11.4 Å². The fourth-order valence-electron chi connectivity index (χ4n) is 2.23. The van der Waals surface area contributed by atoms with Crippen molar-refractivity contribution in [3.05, 3.63) is 48.5 Å². The molecule has 0 fully saturated rings. The summed E-state index contributed by atoms with van der Waals surface area (Å²) in [6, 6.07) is 17.0. The first-order valence-corrected chi connectivity index (χ1v) is 7.28. The van der Waals surface area contributed by atoms with Gasteiger partial charge >= 0.3 is 0 Å². The summed E-state index contributed by atoms with van der Waals surface area (Å²) in [5.41, 5.74) is 2.52. The minimum atomic E-state index is 0.120. The first kappa shape index (κ1) is 11.9. The van der Waals surface area contributed by atoms with E-state index in [4.69, 9.17) is 11.6 Å². The SMILES string of the molecule is C[C@H](Cl)CN1c2ccccc2Sc2ccccc21. The molecule has 0 aromatic heterocycles. The summed E-state index contributed by atoms with van der Waals surface area (Å²) in [6.45, 7) is 2.87. The Hall–Kier alpha value is -1.12. The van der Waals surface area contributed by atoms with E-state index in [2.05, 4.69) is 53.4 Å². The number of rotatable bonds is 2. The van der Waals surface area contributed by atoms with Gasteiger partial charge in [0.15, 0.2) is 0 Å². The van der Waals surface area contributed by atoms with Crippen molar-refractivity contribution in [2.75, 3.05) is 11.4 Å². The molecular formula is C15H14ClNS. The number of fused-ring (bicyclic) bond motifs is 2. The van der Waals surface area contributed by atoms with Crippen LogP contribution in [-0.4, -0.2) is 11.9 Å². The lowest BCUT2D eigenvalue weighted by Gasteiger charge is -2.33. The van der Waals surface area contributed by atoms with Crippen molar-refractivity contribution in [1.82, 2.24) is 0 Å². The molecule has 0 aliphatic carbocycles. The predicted octanol–water partition coefficient (Wildman–Crippen LogP) is 4.92. The molecule has 1 aliphatic heterocycles. The lowest BCUT2D eigenvalue weighted by atomic mass is 10.2. The van der Waals surface area contributed by atoms with Gasteiger partial charge in [-0.2, -0.15) is 0 Å². The second kappa shape index (κ2) is 4.87. The lowest BCUT2D eigenvalue weighted by molar-refractivity contribution is 0.873. The van der Waals surface area contributed by atoms with Crippen LogP contribution in [-0.2, 0) is 0 Å². The topological polar surface area (TPSA) is 3.24 Å². The molecule has 0 saturated heterocycles. The molecule has 1 atom stereocenters. The van der Waals surface area contributed by atoms with Crippen molar-refractivity contribution in [2.24, 2.45) is 0 Å². The van der Waals surface area contributed by atoms with E-state index >= 15 is 0 Å². The van der Waals surface area contributed by atoms with Gasteiger partial charge in [0.25, 0.3) is 0 Å². The van der Waals surface area contributed by atoms with Crippen LogP contribution in [0.5, 0.6) is 0 Å². The normalized spacial score (nSPS) is 14.9. The van der Waals surface area contributed by atoms with E-state index in [1.165, 1.54) is 21.2 Å². The molecular weight excluding hydrogens is 262 g/mol. The molecule has 0 spiro atoms. The Morgan fingerprint density at radius 2 is 1.50 bits per heavy atom. The van der Waals surface area contributed by atoms with Crippen molar-refractivity contribution in [2.45, 2.75) is 22.1 Å². The van der Waals surface area contributed by atoms with Crippen LogP contribution in [0.1, 0.15) is 6.92 Å². The van der Waals surface area contributed by atoms with E-state index in [-0.39, 0.29) is 5.38 Å². The quantitative estimate of drug-likeness (QED) is 0.716. The van der Waals surface area contributed by atoms with E-state index in [1.807, 2.05) is 18.7 Å². The summed E-state index contributed by atoms with van der Waals surface area (Å²) in [5.74, 6) is 0. The molecule has 0 unspecified atom stereocenters. The van der Waals surface area contributed by atoms with Crippen LogP contribution in [0.25, 0.3) is 0 Å². The third kappa shape index (κ3) is 2.11. The Morgan fingerprint density at radius 1 is 1.00 bits per heavy atom. The number of para-hydroxylation sites is 2. The largest absolute Gasteiger partial charge is 0.338 e. The van der Waals surface area contributed by atoms with Crippen molar-refractivity contribution < 1.29 is 0 Å². The molecule has 2 aromatic rings. The highest BCUT2D eigenvalue weighted by Crippen LogP contribution is 2.47. The van der Waals surface area contributed by atoms with Crippen LogP contribution in [0.15, 0.2) is 58.3 Å². The average molecular weight is 276 g/mol. The fraction of sp³-hybridized carbons (Fsp3) is 0.200. The van der Waals surface area contributed by atoms with Gasteiger partial charge in [-0.15, -0.1) is 11.6 Å². The maximum absolute atomic E-state index is 6.20. The van der Waals surface area contributed by atoms with Gasteiger partial charge in [0.05, 0.1) is 11.4 Å². The van der Waals surface area contributed by atoms with Gasteiger partial charge in [-0.25, -0.2) is 0 Å². The highest BCUT2D eigenvalue weighted by atomic mass is 35.5. The molecule has 3 rings (SSSR count). The zero-order valence-corrected chi connectivity index (χ0v) is 11.7. The van der Waals surface area contributed by atoms with Gasteiger partial charge in [-0.3, -0.25) is 0 Å². The molecule has 1 nitrogen and oxygen atoms in total. The number of halogens is 1. The van der Waals surface area contributed by atoms with Gasteiger partial charge in [0.2, 0.25) is 0 Å². The third-order valence-corrected chi connectivity index (χ3v) is 4.23. The molecule has 0 saturated carbocycles. The van der Waals surface area contributed by atoms with E-state index in [0.717, 1.165) is 6.54 Å². The summed E-state index contributed by atoms with van der Waals surface area (Å²) in [5, 5.41) is 0.120. The van der Waals surface area contributed by atoms with Crippen LogP contribution >= 0.6 is 23.4 Å². The maximum atomic E-state index is 6.20. The Balaban J connectivity index is 2.11. The zero-order chi connectivity index (χ0) is 12.5. The molecule has 0 radical (unpaired) electrons. The van der Waals surface area contributed by atoms with Crippen molar-refractivity contribution in [1.29, 1.82) is 0 Å². The number of hydrogen-bond donors (Lipinski definition) is 0. The van der Waals surface area contributed by atoms with E-state index in [1.54, 1.807) is 0 Å². The molecule has 92 valence electrons. The minimum Gasteiger partial charge on any atom is -0.338 e. The van der Waals surface area contributed by atoms with Gasteiger partial charge in [-0.1, -0.05) is 36.0 Å². The first-order valence-electron chi connectivity index (χ1n) is 6.03. The lowest BCUT2D eigenvalue weighted by Crippen LogP contribution is -2.26. The molecule has 0 amide bonds. The molecule has 1 heterocycles. The Bertz CT molecular complexity index is 522.